The van der Waals surface area contributed by atoms with Crippen molar-refractivity contribution in [2.24, 2.45) is 11.7 Å². The first-order valence-electron chi connectivity index (χ1n) is 10.00. The van der Waals surface area contributed by atoms with Crippen molar-refractivity contribution < 1.29 is 9.59 Å². The molecule has 29 heavy (non-hydrogen) atoms. The van der Waals surface area contributed by atoms with Gasteiger partial charge in [0.15, 0.2) is 0 Å². The zero-order valence-corrected chi connectivity index (χ0v) is 16.4. The fourth-order valence-electron chi connectivity index (χ4n) is 3.29. The van der Waals surface area contributed by atoms with Crippen LogP contribution in [-0.4, -0.2) is 29.8 Å². The maximum absolute atomic E-state index is 13.0. The van der Waals surface area contributed by atoms with Gasteiger partial charge in [0.05, 0.1) is 11.6 Å². The second kappa shape index (κ2) is 9.85. The van der Waals surface area contributed by atoms with Crippen LogP contribution in [0.5, 0.6) is 0 Å². The first-order valence-corrected chi connectivity index (χ1v) is 10.00. The van der Waals surface area contributed by atoms with E-state index in [-0.39, 0.29) is 17.7 Å². The third kappa shape index (κ3) is 5.43. The fourth-order valence-corrected chi connectivity index (χ4v) is 3.29. The van der Waals surface area contributed by atoms with E-state index in [4.69, 9.17) is 11.0 Å². The van der Waals surface area contributed by atoms with Crippen LogP contribution in [0.15, 0.2) is 48.5 Å². The monoisotopic (exact) mass is 390 g/mol. The topological polar surface area (TPSA) is 99.2 Å². The number of amides is 2. The molecule has 3 N–H and O–H groups in total. The van der Waals surface area contributed by atoms with Gasteiger partial charge in [0.1, 0.15) is 0 Å². The summed E-state index contributed by atoms with van der Waals surface area (Å²) in [4.78, 5) is 26.9. The predicted molar refractivity (Wildman–Crippen MR) is 112 cm³/mol. The molecule has 1 fully saturated rings. The summed E-state index contributed by atoms with van der Waals surface area (Å²) < 4.78 is 0. The number of carbonyl (C=O) groups excluding carboxylic acids is 2. The molecule has 0 aromatic heterocycles. The summed E-state index contributed by atoms with van der Waals surface area (Å²) in [7, 11) is 0. The molecule has 6 nitrogen and oxygen atoms in total. The quantitative estimate of drug-likeness (QED) is 0.722. The minimum atomic E-state index is -0.105. The van der Waals surface area contributed by atoms with Crippen LogP contribution >= 0.6 is 0 Å². The molecule has 1 aliphatic carbocycles. The highest BCUT2D eigenvalue weighted by Gasteiger charge is 2.25. The Labute approximate surface area is 171 Å². The van der Waals surface area contributed by atoms with Crippen molar-refractivity contribution in [2.45, 2.75) is 32.2 Å². The van der Waals surface area contributed by atoms with E-state index in [2.05, 4.69) is 11.4 Å². The van der Waals surface area contributed by atoms with Crippen LogP contribution in [0, 0.1) is 17.2 Å². The van der Waals surface area contributed by atoms with Gasteiger partial charge >= 0.3 is 0 Å². The zero-order chi connectivity index (χ0) is 20.6. The summed E-state index contributed by atoms with van der Waals surface area (Å²) in [6, 6.07) is 16.3. The molecule has 0 atom stereocenters. The van der Waals surface area contributed by atoms with E-state index in [0.717, 1.165) is 30.5 Å². The van der Waals surface area contributed by atoms with Crippen molar-refractivity contribution in [3.8, 4) is 6.07 Å². The molecular formula is C23H26N4O2. The maximum atomic E-state index is 13.0. The highest BCUT2D eigenvalue weighted by atomic mass is 16.2. The number of benzene rings is 2. The van der Waals surface area contributed by atoms with Crippen molar-refractivity contribution >= 4 is 17.5 Å². The van der Waals surface area contributed by atoms with Gasteiger partial charge in [-0.1, -0.05) is 18.6 Å². The maximum Gasteiger partial charge on any atom is 0.254 e. The lowest BCUT2D eigenvalue weighted by atomic mass is 9.85. The van der Waals surface area contributed by atoms with Crippen LogP contribution in [0.1, 0.15) is 47.2 Å². The molecule has 0 saturated heterocycles. The van der Waals surface area contributed by atoms with Gasteiger partial charge in [-0.3, -0.25) is 9.59 Å². The second-order valence-electron chi connectivity index (χ2n) is 7.38. The molecule has 0 aliphatic heterocycles. The third-order valence-corrected chi connectivity index (χ3v) is 5.22. The largest absolute Gasteiger partial charge is 0.334 e. The molecule has 2 aromatic carbocycles. The Morgan fingerprint density at radius 2 is 1.93 bits per heavy atom. The van der Waals surface area contributed by atoms with E-state index in [9.17, 15) is 9.59 Å². The Hall–Kier alpha value is -3.17. The summed E-state index contributed by atoms with van der Waals surface area (Å²) in [6.45, 7) is 1.45. The summed E-state index contributed by atoms with van der Waals surface area (Å²) in [5.41, 5.74) is 8.40. The van der Waals surface area contributed by atoms with E-state index >= 15 is 0 Å². The minimum absolute atomic E-state index is 0.0713. The van der Waals surface area contributed by atoms with Gasteiger partial charge in [0, 0.05) is 30.3 Å². The van der Waals surface area contributed by atoms with Crippen LogP contribution in [0.3, 0.4) is 0 Å². The first kappa shape index (κ1) is 20.6. The molecule has 0 bridgehead atoms. The number of nitriles is 1. The summed E-state index contributed by atoms with van der Waals surface area (Å²) in [5, 5.41) is 11.9. The van der Waals surface area contributed by atoms with Gasteiger partial charge < -0.3 is 16.0 Å². The van der Waals surface area contributed by atoms with Crippen LogP contribution in [-0.2, 0) is 11.3 Å². The molecule has 0 unspecified atom stereocenters. The Balaban J connectivity index is 1.71. The number of nitrogens with two attached hydrogens (primary N) is 1. The lowest BCUT2D eigenvalue weighted by Crippen LogP contribution is -2.32. The van der Waals surface area contributed by atoms with Gasteiger partial charge in [-0.2, -0.15) is 5.26 Å². The number of hydrogen-bond donors (Lipinski definition) is 2. The molecule has 150 valence electrons. The zero-order valence-electron chi connectivity index (χ0n) is 16.4. The smallest absolute Gasteiger partial charge is 0.254 e. The second-order valence-corrected chi connectivity index (χ2v) is 7.38. The lowest BCUT2D eigenvalue weighted by molar-refractivity contribution is -0.122. The summed E-state index contributed by atoms with van der Waals surface area (Å²) >= 11 is 0. The first-order chi connectivity index (χ1) is 14.1. The van der Waals surface area contributed by atoms with Crippen LogP contribution in [0.2, 0.25) is 0 Å². The Morgan fingerprint density at radius 1 is 1.17 bits per heavy atom. The molecule has 0 heterocycles. The van der Waals surface area contributed by atoms with Crippen molar-refractivity contribution in [3.63, 3.8) is 0 Å². The third-order valence-electron chi connectivity index (χ3n) is 5.22. The Morgan fingerprint density at radius 3 is 2.55 bits per heavy atom. The number of rotatable bonds is 8. The molecule has 6 heteroatoms. The van der Waals surface area contributed by atoms with Crippen molar-refractivity contribution in [2.75, 3.05) is 18.4 Å². The molecular weight excluding hydrogens is 364 g/mol. The lowest BCUT2D eigenvalue weighted by Gasteiger charge is -2.25. The molecule has 1 saturated carbocycles. The average molecular weight is 390 g/mol. The molecule has 1 aliphatic rings. The Bertz CT molecular complexity index is 898. The standard InChI is InChI=1S/C23H26N4O2/c24-12-3-13-27(23(29)20-10-8-17(15-25)9-11-20)16-18-4-1-7-21(14-18)26-22(28)19-5-2-6-19/h1,4,7-11,14,19H,2-3,5-6,12-13,16,24H2,(H,26,28). The van der Waals surface area contributed by atoms with Gasteiger partial charge in [0.25, 0.3) is 5.91 Å². The van der Waals surface area contributed by atoms with Crippen LogP contribution in [0.4, 0.5) is 5.69 Å². The predicted octanol–water partition coefficient (Wildman–Crippen LogP) is 3.29. The van der Waals surface area contributed by atoms with E-state index in [1.165, 1.54) is 0 Å². The molecule has 0 spiro atoms. The summed E-state index contributed by atoms with van der Waals surface area (Å²) in [5.74, 6) is 0.0894. The van der Waals surface area contributed by atoms with Crippen molar-refractivity contribution in [1.82, 2.24) is 4.90 Å². The fraction of sp³-hybridized carbons (Fsp3) is 0.348. The van der Waals surface area contributed by atoms with E-state index < -0.39 is 0 Å². The van der Waals surface area contributed by atoms with Gasteiger partial charge in [0.2, 0.25) is 5.91 Å². The van der Waals surface area contributed by atoms with E-state index in [0.29, 0.717) is 37.2 Å². The number of hydrogen-bond acceptors (Lipinski definition) is 4. The number of anilines is 1. The van der Waals surface area contributed by atoms with Crippen molar-refractivity contribution in [3.05, 3.63) is 65.2 Å². The molecule has 0 radical (unpaired) electrons. The van der Waals surface area contributed by atoms with E-state index in [1.807, 2.05) is 24.3 Å². The van der Waals surface area contributed by atoms with Gasteiger partial charge in [-0.25, -0.2) is 0 Å². The normalized spacial score (nSPS) is 13.2. The molecule has 2 amide bonds. The van der Waals surface area contributed by atoms with Crippen LogP contribution in [0.25, 0.3) is 0 Å². The minimum Gasteiger partial charge on any atom is -0.334 e. The Kier molecular flexibility index (Phi) is 6.99. The highest BCUT2D eigenvalue weighted by molar-refractivity contribution is 5.94. The SMILES string of the molecule is N#Cc1ccc(C(=O)N(CCCN)Cc2cccc(NC(=O)C3CCC3)c2)cc1. The molecule has 2 aromatic rings. The molecule has 3 rings (SSSR count). The van der Waals surface area contributed by atoms with Crippen LogP contribution < -0.4 is 11.1 Å². The highest BCUT2D eigenvalue weighted by Crippen LogP contribution is 2.27. The van der Waals surface area contributed by atoms with E-state index in [1.54, 1.807) is 29.2 Å². The number of carbonyl (C=O) groups is 2. The number of nitrogens with one attached hydrogen (secondary N) is 1. The summed E-state index contributed by atoms with van der Waals surface area (Å²) in [6.07, 6.45) is 3.72. The van der Waals surface area contributed by atoms with Gasteiger partial charge in [-0.15, -0.1) is 0 Å². The van der Waals surface area contributed by atoms with Crippen molar-refractivity contribution in [1.29, 1.82) is 5.26 Å². The average Bonchev–Trinajstić information content (AvgIpc) is 2.69. The number of nitrogens with zero attached hydrogens (tertiary/aromatic N) is 2. The van der Waals surface area contributed by atoms with Gasteiger partial charge in [-0.05, 0) is 67.8 Å².